The Labute approximate surface area is 105 Å². The Morgan fingerprint density at radius 1 is 1.27 bits per heavy atom. The molecule has 0 saturated heterocycles. The van der Waals surface area contributed by atoms with E-state index in [0.29, 0.717) is 0 Å². The lowest BCUT2D eigenvalue weighted by Crippen LogP contribution is -2.13. The molecule has 0 aromatic heterocycles. The summed E-state index contributed by atoms with van der Waals surface area (Å²) in [4.78, 5) is 0. The molecule has 0 fully saturated rings. The lowest BCUT2D eigenvalue weighted by Gasteiger charge is -2.13. The van der Waals surface area contributed by atoms with Gasteiger partial charge in [0.2, 0.25) is 0 Å². The second-order valence-corrected chi connectivity index (χ2v) is 5.86. The minimum absolute atomic E-state index is 0.897. The van der Waals surface area contributed by atoms with E-state index in [-0.39, 0.29) is 0 Å². The Balaban J connectivity index is 2.68. The van der Waals surface area contributed by atoms with Gasteiger partial charge in [-0.25, -0.2) is 9.03 Å². The molecule has 0 bridgehead atoms. The van der Waals surface area contributed by atoms with E-state index in [4.69, 9.17) is 0 Å². The summed E-state index contributed by atoms with van der Waals surface area (Å²) >= 11 is 5.12. The van der Waals surface area contributed by atoms with Gasteiger partial charge in [0.15, 0.2) is 0 Å². The van der Waals surface area contributed by atoms with Gasteiger partial charge in [-0.3, -0.25) is 0 Å². The van der Waals surface area contributed by atoms with E-state index in [1.165, 1.54) is 16.7 Å². The molecule has 0 unspecified atom stereocenters. The van der Waals surface area contributed by atoms with Gasteiger partial charge >= 0.3 is 0 Å². The van der Waals surface area contributed by atoms with Crippen LogP contribution < -0.4 is 4.72 Å². The van der Waals surface area contributed by atoms with Crippen LogP contribution in [0.25, 0.3) is 0 Å². The van der Waals surface area contributed by atoms with Gasteiger partial charge in [0, 0.05) is 23.2 Å². The maximum absolute atomic E-state index is 3.50. The molecule has 0 radical (unpaired) electrons. The number of halogens is 1. The highest BCUT2D eigenvalue weighted by Crippen LogP contribution is 2.20. The van der Waals surface area contributed by atoms with Crippen molar-refractivity contribution in [1.29, 1.82) is 0 Å². The largest absolute Gasteiger partial charge is 0.246 e. The maximum Gasteiger partial charge on any atom is 0.0327 e. The molecule has 15 heavy (non-hydrogen) atoms. The molecular weight excluding hydrogens is 272 g/mol. The van der Waals surface area contributed by atoms with Crippen LogP contribution >= 0.6 is 28.1 Å². The van der Waals surface area contributed by atoms with Crippen molar-refractivity contribution in [2.45, 2.75) is 20.4 Å². The van der Waals surface area contributed by atoms with Gasteiger partial charge in [-0.15, -0.1) is 0 Å². The first-order chi connectivity index (χ1) is 7.00. The summed E-state index contributed by atoms with van der Waals surface area (Å²) in [6.45, 7) is 5.19. The molecule has 1 rings (SSSR count). The van der Waals surface area contributed by atoms with Crippen LogP contribution in [0.5, 0.6) is 0 Å². The first kappa shape index (κ1) is 13.0. The molecule has 1 aromatic carbocycles. The van der Waals surface area contributed by atoms with Gasteiger partial charge in [-0.05, 0) is 56.8 Å². The van der Waals surface area contributed by atoms with E-state index < -0.39 is 0 Å². The van der Waals surface area contributed by atoms with Crippen LogP contribution in [0.15, 0.2) is 16.6 Å². The Morgan fingerprint density at radius 3 is 2.27 bits per heavy atom. The Morgan fingerprint density at radius 2 is 1.80 bits per heavy atom. The van der Waals surface area contributed by atoms with Crippen molar-refractivity contribution in [3.8, 4) is 0 Å². The summed E-state index contributed by atoms with van der Waals surface area (Å²) in [6, 6.07) is 4.31. The zero-order chi connectivity index (χ0) is 11.4. The summed E-state index contributed by atoms with van der Waals surface area (Å²) in [5.41, 5.74) is 4.04. The molecule has 0 heterocycles. The summed E-state index contributed by atoms with van der Waals surface area (Å²) in [5.74, 6) is 0. The van der Waals surface area contributed by atoms with E-state index in [1.54, 1.807) is 12.1 Å². The number of aryl methyl sites for hydroxylation is 2. The predicted molar refractivity (Wildman–Crippen MR) is 71.7 cm³/mol. The average molecular weight is 289 g/mol. The number of nitrogens with one attached hydrogen (secondary N) is 1. The molecule has 1 aromatic rings. The molecule has 84 valence electrons. The number of hydrogen-bond donors (Lipinski definition) is 1. The van der Waals surface area contributed by atoms with E-state index >= 15 is 0 Å². The van der Waals surface area contributed by atoms with Crippen LogP contribution in [-0.2, 0) is 6.54 Å². The Kier molecular flexibility index (Phi) is 5.12. The molecule has 0 aliphatic heterocycles. The van der Waals surface area contributed by atoms with Gasteiger partial charge in [0.05, 0.1) is 0 Å². The van der Waals surface area contributed by atoms with Gasteiger partial charge in [-0.1, -0.05) is 15.9 Å². The summed E-state index contributed by atoms with van der Waals surface area (Å²) in [6.07, 6.45) is 0. The Bertz CT molecular complexity index is 316. The number of benzene rings is 1. The quantitative estimate of drug-likeness (QED) is 0.856. The van der Waals surface area contributed by atoms with Crippen molar-refractivity contribution < 1.29 is 0 Å². The predicted octanol–water partition coefficient (Wildman–Crippen LogP) is 3.28. The van der Waals surface area contributed by atoms with Gasteiger partial charge in [0.25, 0.3) is 0 Å². The standard InChI is InChI=1S/C11H17BrN2S/c1-8-5-10(12)6-9(2)11(8)7-13-15-14(3)4/h5-6,13H,7H2,1-4H3. The molecule has 0 aliphatic carbocycles. The number of rotatable bonds is 4. The molecule has 1 N–H and O–H groups in total. The van der Waals surface area contributed by atoms with Crippen LogP contribution in [0.4, 0.5) is 0 Å². The minimum atomic E-state index is 0.897. The number of hydrogen-bond acceptors (Lipinski definition) is 3. The zero-order valence-electron chi connectivity index (χ0n) is 9.60. The SMILES string of the molecule is Cc1cc(Br)cc(C)c1CNSN(C)C. The van der Waals surface area contributed by atoms with Crippen molar-refractivity contribution in [2.24, 2.45) is 0 Å². The molecule has 2 nitrogen and oxygen atoms in total. The van der Waals surface area contributed by atoms with Crippen molar-refractivity contribution in [1.82, 2.24) is 9.03 Å². The molecule has 0 atom stereocenters. The van der Waals surface area contributed by atoms with Gasteiger partial charge in [-0.2, -0.15) is 0 Å². The van der Waals surface area contributed by atoms with Crippen molar-refractivity contribution in [3.05, 3.63) is 33.3 Å². The van der Waals surface area contributed by atoms with Crippen molar-refractivity contribution in [2.75, 3.05) is 14.1 Å². The van der Waals surface area contributed by atoms with E-state index in [2.05, 4.69) is 46.6 Å². The molecule has 0 saturated carbocycles. The van der Waals surface area contributed by atoms with Crippen molar-refractivity contribution >= 4 is 28.1 Å². The van der Waals surface area contributed by atoms with Crippen molar-refractivity contribution in [3.63, 3.8) is 0 Å². The third-order valence-corrected chi connectivity index (χ3v) is 3.25. The van der Waals surface area contributed by atoms with Crippen LogP contribution in [0.3, 0.4) is 0 Å². The van der Waals surface area contributed by atoms with Gasteiger partial charge in [0.1, 0.15) is 0 Å². The fourth-order valence-corrected chi connectivity index (χ4v) is 2.61. The van der Waals surface area contributed by atoms with Crippen LogP contribution in [0, 0.1) is 13.8 Å². The van der Waals surface area contributed by atoms with E-state index in [0.717, 1.165) is 11.0 Å². The molecule has 4 heteroatoms. The maximum atomic E-state index is 3.50. The monoisotopic (exact) mass is 288 g/mol. The lowest BCUT2D eigenvalue weighted by atomic mass is 10.0. The van der Waals surface area contributed by atoms with Crippen LogP contribution in [-0.4, -0.2) is 18.4 Å². The third kappa shape index (κ3) is 4.15. The lowest BCUT2D eigenvalue weighted by molar-refractivity contribution is 0.690. The summed E-state index contributed by atoms with van der Waals surface area (Å²) < 4.78 is 6.53. The average Bonchev–Trinajstić information content (AvgIpc) is 2.08. The molecule has 0 aliphatic rings. The van der Waals surface area contributed by atoms with E-state index in [9.17, 15) is 0 Å². The van der Waals surface area contributed by atoms with Crippen LogP contribution in [0.1, 0.15) is 16.7 Å². The Hall–Kier alpha value is -0.0300. The van der Waals surface area contributed by atoms with Crippen LogP contribution in [0.2, 0.25) is 0 Å². The highest BCUT2D eigenvalue weighted by Gasteiger charge is 2.04. The fourth-order valence-electron chi connectivity index (χ4n) is 1.45. The molecule has 0 spiro atoms. The first-order valence-corrected chi connectivity index (χ1v) is 6.40. The first-order valence-electron chi connectivity index (χ1n) is 4.83. The topological polar surface area (TPSA) is 15.3 Å². The molecule has 0 amide bonds. The second kappa shape index (κ2) is 5.89. The fraction of sp³-hybridized carbons (Fsp3) is 0.455. The normalized spacial score (nSPS) is 11.1. The smallest absolute Gasteiger partial charge is 0.0327 e. The summed E-state index contributed by atoms with van der Waals surface area (Å²) in [5, 5.41) is 0. The van der Waals surface area contributed by atoms with Gasteiger partial charge < -0.3 is 0 Å². The third-order valence-electron chi connectivity index (χ3n) is 2.16. The summed E-state index contributed by atoms with van der Waals surface area (Å²) in [7, 11) is 4.05. The second-order valence-electron chi connectivity index (χ2n) is 3.74. The highest BCUT2D eigenvalue weighted by atomic mass is 79.9. The molecular formula is C11H17BrN2S. The minimum Gasteiger partial charge on any atom is -0.246 e. The highest BCUT2D eigenvalue weighted by molar-refractivity contribution is 9.10. The zero-order valence-corrected chi connectivity index (χ0v) is 12.0. The van der Waals surface area contributed by atoms with E-state index in [1.807, 2.05) is 18.4 Å². The number of nitrogens with zero attached hydrogens (tertiary/aromatic N) is 1.